The van der Waals surface area contributed by atoms with E-state index in [9.17, 15) is 24.6 Å². The number of hydrogen-bond acceptors (Lipinski definition) is 7. The van der Waals surface area contributed by atoms with Crippen molar-refractivity contribution >= 4 is 35.1 Å². The Kier molecular flexibility index (Phi) is 9.26. The van der Waals surface area contributed by atoms with Gasteiger partial charge in [-0.15, -0.1) is 0 Å². The Bertz CT molecular complexity index is 1360. The van der Waals surface area contributed by atoms with E-state index in [1.165, 1.54) is 25.2 Å². The van der Waals surface area contributed by atoms with Gasteiger partial charge in [0.25, 0.3) is 5.91 Å². The molecule has 11 heteroatoms. The minimum absolute atomic E-state index is 0.131. The summed E-state index contributed by atoms with van der Waals surface area (Å²) < 4.78 is 17.7. The molecular formula is C30H35ClN2O8. The highest BCUT2D eigenvalue weighted by molar-refractivity contribution is 6.30. The van der Waals surface area contributed by atoms with Crippen LogP contribution < -0.4 is 14.4 Å². The second-order valence-electron chi connectivity index (χ2n) is 10.9. The number of para-hydroxylation sites is 1. The summed E-state index contributed by atoms with van der Waals surface area (Å²) in [5.41, 5.74) is 1.30. The number of nitrogens with zero attached hydrogens (tertiary/aromatic N) is 2. The average Bonchev–Trinajstić information content (AvgIpc) is 3.06. The first-order valence-electron chi connectivity index (χ1n) is 13.3. The molecule has 2 aliphatic rings. The molecule has 0 saturated carbocycles. The topological polar surface area (TPSA) is 126 Å². The number of ether oxygens (including phenoxy) is 3. The van der Waals surface area contributed by atoms with E-state index in [0.717, 1.165) is 0 Å². The SMILES string of the molecule is COc1cccc([C@H]2O[C@H](CC(=O)N3CC=C(C(=O)O)CC3)C(=O)N(CC(C)(C)CO)c3ccc(Cl)cc32)c1OC. The molecular weight excluding hydrogens is 552 g/mol. The first-order chi connectivity index (χ1) is 19.5. The summed E-state index contributed by atoms with van der Waals surface area (Å²) in [7, 11) is 3.03. The molecule has 0 spiro atoms. The molecule has 10 nitrogen and oxygen atoms in total. The van der Waals surface area contributed by atoms with Gasteiger partial charge in [0.1, 0.15) is 12.2 Å². The molecule has 2 aliphatic heterocycles. The van der Waals surface area contributed by atoms with E-state index in [4.69, 9.17) is 25.8 Å². The number of anilines is 1. The lowest BCUT2D eigenvalue weighted by atomic mass is 9.92. The Labute approximate surface area is 244 Å². The van der Waals surface area contributed by atoms with Crippen LogP contribution in [0.1, 0.15) is 43.9 Å². The number of carboxylic acids is 1. The van der Waals surface area contributed by atoms with Crippen LogP contribution >= 0.6 is 11.6 Å². The Morgan fingerprint density at radius 1 is 1.15 bits per heavy atom. The van der Waals surface area contributed by atoms with Crippen LogP contribution in [-0.2, 0) is 19.1 Å². The van der Waals surface area contributed by atoms with E-state index in [0.29, 0.717) is 33.3 Å². The van der Waals surface area contributed by atoms with E-state index >= 15 is 0 Å². The highest BCUT2D eigenvalue weighted by Crippen LogP contribution is 2.45. The van der Waals surface area contributed by atoms with E-state index in [1.807, 2.05) is 13.8 Å². The summed E-state index contributed by atoms with van der Waals surface area (Å²) in [4.78, 5) is 42.0. The Balaban J connectivity index is 1.80. The Morgan fingerprint density at radius 3 is 2.51 bits per heavy atom. The average molecular weight is 587 g/mol. The molecule has 2 aromatic rings. The van der Waals surface area contributed by atoms with Gasteiger partial charge in [0.2, 0.25) is 5.91 Å². The largest absolute Gasteiger partial charge is 0.493 e. The number of aliphatic hydroxyl groups is 1. The van der Waals surface area contributed by atoms with Gasteiger partial charge < -0.3 is 34.2 Å². The lowest BCUT2D eigenvalue weighted by Gasteiger charge is -2.33. The van der Waals surface area contributed by atoms with E-state index in [1.54, 1.807) is 41.3 Å². The standard InChI is InChI=1S/C30H35ClN2O8/c1-30(2,17-34)16-33-22-9-8-19(31)14-21(22)26(20-6-5-7-23(39-3)27(20)40-4)41-24(28(33)36)15-25(35)32-12-10-18(11-13-32)29(37)38/h5-10,14,24,26,34H,11-13,15-17H2,1-4H3,(H,37,38)/t24-,26-/m1/s1. The van der Waals surface area contributed by atoms with Crippen LogP contribution in [0.4, 0.5) is 5.69 Å². The van der Waals surface area contributed by atoms with Crippen LogP contribution in [0.15, 0.2) is 48.0 Å². The molecule has 0 aromatic heterocycles. The summed E-state index contributed by atoms with van der Waals surface area (Å²) in [6.07, 6.45) is -0.607. The fourth-order valence-corrected chi connectivity index (χ4v) is 5.26. The van der Waals surface area contributed by atoms with Gasteiger partial charge in [-0.2, -0.15) is 0 Å². The van der Waals surface area contributed by atoms with Gasteiger partial charge in [-0.3, -0.25) is 9.59 Å². The van der Waals surface area contributed by atoms with Crippen molar-refractivity contribution in [3.63, 3.8) is 0 Å². The van der Waals surface area contributed by atoms with Gasteiger partial charge in [0, 0.05) is 59.1 Å². The molecule has 0 fully saturated rings. The molecule has 2 aromatic carbocycles. The minimum atomic E-state index is -1.20. The highest BCUT2D eigenvalue weighted by Gasteiger charge is 2.41. The second kappa shape index (κ2) is 12.5. The molecule has 2 N–H and O–H groups in total. The first-order valence-corrected chi connectivity index (χ1v) is 13.7. The van der Waals surface area contributed by atoms with Crippen molar-refractivity contribution in [3.05, 3.63) is 64.2 Å². The zero-order valence-corrected chi connectivity index (χ0v) is 24.3. The van der Waals surface area contributed by atoms with Gasteiger partial charge in [-0.05, 0) is 30.7 Å². The lowest BCUT2D eigenvalue weighted by molar-refractivity contribution is -0.143. The molecule has 2 atom stereocenters. The van der Waals surface area contributed by atoms with Crippen molar-refractivity contribution in [1.29, 1.82) is 0 Å². The third-order valence-corrected chi connectivity index (χ3v) is 7.57. The van der Waals surface area contributed by atoms with Crippen LogP contribution in [0.3, 0.4) is 0 Å². The number of hydrogen-bond donors (Lipinski definition) is 2. The molecule has 0 radical (unpaired) electrons. The van der Waals surface area contributed by atoms with Crippen molar-refractivity contribution in [2.24, 2.45) is 5.41 Å². The van der Waals surface area contributed by atoms with Gasteiger partial charge in [-0.1, -0.05) is 43.7 Å². The fourth-order valence-electron chi connectivity index (χ4n) is 5.08. The highest BCUT2D eigenvalue weighted by atomic mass is 35.5. The quantitative estimate of drug-likeness (QED) is 0.454. The molecule has 41 heavy (non-hydrogen) atoms. The number of methoxy groups -OCH3 is 2. The zero-order valence-electron chi connectivity index (χ0n) is 23.6. The van der Waals surface area contributed by atoms with Crippen molar-refractivity contribution in [3.8, 4) is 11.5 Å². The molecule has 0 aliphatic carbocycles. The molecule has 2 heterocycles. The lowest BCUT2D eigenvalue weighted by Crippen LogP contribution is -2.47. The van der Waals surface area contributed by atoms with E-state index in [2.05, 4.69) is 0 Å². The number of benzene rings is 2. The fraction of sp³-hybridized carbons (Fsp3) is 0.433. The second-order valence-corrected chi connectivity index (χ2v) is 11.3. The van der Waals surface area contributed by atoms with Crippen molar-refractivity contribution in [2.45, 2.75) is 38.9 Å². The maximum atomic E-state index is 14.2. The number of aliphatic hydroxyl groups excluding tert-OH is 1. The number of amides is 2. The number of carbonyl (C=O) groups excluding carboxylic acids is 2. The molecule has 220 valence electrons. The Morgan fingerprint density at radius 2 is 1.90 bits per heavy atom. The van der Waals surface area contributed by atoms with Crippen LogP contribution in [0.5, 0.6) is 11.5 Å². The number of carboxylic acid groups (broad SMARTS) is 1. The molecule has 4 rings (SSSR count). The van der Waals surface area contributed by atoms with Gasteiger partial charge >= 0.3 is 5.97 Å². The van der Waals surface area contributed by atoms with Crippen molar-refractivity contribution in [2.75, 3.05) is 45.4 Å². The number of carbonyl (C=O) groups is 3. The van der Waals surface area contributed by atoms with E-state index in [-0.39, 0.29) is 50.6 Å². The van der Waals surface area contributed by atoms with Gasteiger partial charge in [0.05, 0.1) is 20.6 Å². The normalized spacial score (nSPS) is 19.3. The number of halogens is 1. The van der Waals surface area contributed by atoms with Gasteiger partial charge in [0.15, 0.2) is 11.5 Å². The number of aliphatic carboxylic acids is 1. The number of fused-ring (bicyclic) bond motifs is 1. The van der Waals surface area contributed by atoms with Gasteiger partial charge in [-0.25, -0.2) is 4.79 Å². The summed E-state index contributed by atoms with van der Waals surface area (Å²) >= 11 is 6.45. The van der Waals surface area contributed by atoms with Crippen molar-refractivity contribution in [1.82, 2.24) is 4.90 Å². The molecule has 0 unspecified atom stereocenters. The third-order valence-electron chi connectivity index (χ3n) is 7.33. The summed E-state index contributed by atoms with van der Waals surface area (Å²) in [5.74, 6) is -0.909. The predicted octanol–water partition coefficient (Wildman–Crippen LogP) is 3.83. The summed E-state index contributed by atoms with van der Waals surface area (Å²) in [6.45, 7) is 4.01. The van der Waals surface area contributed by atoms with Crippen LogP contribution in [0, 0.1) is 5.41 Å². The van der Waals surface area contributed by atoms with Crippen LogP contribution in [0.25, 0.3) is 0 Å². The Hall–Kier alpha value is -3.60. The monoisotopic (exact) mass is 586 g/mol. The summed E-state index contributed by atoms with van der Waals surface area (Å²) in [5, 5.41) is 19.7. The minimum Gasteiger partial charge on any atom is -0.493 e. The first kappa shape index (κ1) is 30.4. The molecule has 2 amide bonds. The maximum absolute atomic E-state index is 14.2. The van der Waals surface area contributed by atoms with E-state index < -0.39 is 29.5 Å². The molecule has 0 bridgehead atoms. The number of rotatable bonds is 9. The van der Waals surface area contributed by atoms with Crippen LogP contribution in [-0.4, -0.2) is 79.5 Å². The predicted molar refractivity (Wildman–Crippen MR) is 152 cm³/mol. The third kappa shape index (κ3) is 6.50. The smallest absolute Gasteiger partial charge is 0.331 e. The zero-order chi connectivity index (χ0) is 29.9. The van der Waals surface area contributed by atoms with Crippen molar-refractivity contribution < 1.29 is 38.8 Å². The molecule has 0 saturated heterocycles. The maximum Gasteiger partial charge on any atom is 0.331 e. The summed E-state index contributed by atoms with van der Waals surface area (Å²) in [6, 6.07) is 10.5. The van der Waals surface area contributed by atoms with Crippen LogP contribution in [0.2, 0.25) is 5.02 Å².